The summed E-state index contributed by atoms with van der Waals surface area (Å²) in [4.78, 5) is 16.0. The zero-order valence-corrected chi connectivity index (χ0v) is 12.6. The van der Waals surface area contributed by atoms with E-state index in [1.54, 1.807) is 20.0 Å². The molecule has 1 aromatic heterocycles. The summed E-state index contributed by atoms with van der Waals surface area (Å²) in [5.41, 5.74) is 8.13. The van der Waals surface area contributed by atoms with E-state index >= 15 is 0 Å². The molecule has 0 aliphatic heterocycles. The van der Waals surface area contributed by atoms with Gasteiger partial charge in [-0.05, 0) is 43.5 Å². The topological polar surface area (TPSA) is 68.0 Å². The largest absolute Gasteiger partial charge is 0.348 e. The molecule has 0 saturated heterocycles. The van der Waals surface area contributed by atoms with Crippen molar-refractivity contribution in [3.05, 3.63) is 54.4 Å². The SMILES string of the molecule is CC(NC(=O)C(C)(C)N)c1ccc(-c2cccnc2)cc1. The summed E-state index contributed by atoms with van der Waals surface area (Å²) < 4.78 is 0. The molecule has 2 rings (SSSR count). The molecule has 1 amide bonds. The Morgan fingerprint density at radius 2 is 1.86 bits per heavy atom. The molecule has 4 nitrogen and oxygen atoms in total. The van der Waals surface area contributed by atoms with Gasteiger partial charge in [-0.15, -0.1) is 0 Å². The number of pyridine rings is 1. The molecule has 1 unspecified atom stereocenters. The molecule has 0 aliphatic carbocycles. The van der Waals surface area contributed by atoms with Crippen molar-refractivity contribution in [2.75, 3.05) is 0 Å². The van der Waals surface area contributed by atoms with Gasteiger partial charge in [-0.2, -0.15) is 0 Å². The highest BCUT2D eigenvalue weighted by molar-refractivity contribution is 5.85. The maximum absolute atomic E-state index is 11.9. The van der Waals surface area contributed by atoms with Gasteiger partial charge in [0.2, 0.25) is 5.91 Å². The van der Waals surface area contributed by atoms with Crippen LogP contribution in [0.5, 0.6) is 0 Å². The number of amides is 1. The quantitative estimate of drug-likeness (QED) is 0.906. The molecule has 1 heterocycles. The average molecular weight is 283 g/mol. The van der Waals surface area contributed by atoms with Gasteiger partial charge in [0.1, 0.15) is 0 Å². The second-order valence-electron chi connectivity index (χ2n) is 5.78. The molecule has 3 N–H and O–H groups in total. The molecular weight excluding hydrogens is 262 g/mol. The number of benzene rings is 1. The number of aromatic nitrogens is 1. The van der Waals surface area contributed by atoms with Crippen LogP contribution in [0.4, 0.5) is 0 Å². The fourth-order valence-corrected chi connectivity index (χ4v) is 1.96. The number of nitrogens with two attached hydrogens (primary N) is 1. The number of carbonyl (C=O) groups is 1. The molecule has 0 radical (unpaired) electrons. The average Bonchev–Trinajstić information content (AvgIpc) is 2.47. The van der Waals surface area contributed by atoms with Gasteiger partial charge in [0.15, 0.2) is 0 Å². The van der Waals surface area contributed by atoms with E-state index in [2.05, 4.69) is 10.3 Å². The standard InChI is InChI=1S/C17H21N3O/c1-12(20-16(21)17(2,3)18)13-6-8-14(9-7-13)15-5-4-10-19-11-15/h4-12H,18H2,1-3H3,(H,20,21). The summed E-state index contributed by atoms with van der Waals surface area (Å²) >= 11 is 0. The normalized spacial score (nSPS) is 12.8. The highest BCUT2D eigenvalue weighted by Crippen LogP contribution is 2.21. The summed E-state index contributed by atoms with van der Waals surface area (Å²) in [7, 11) is 0. The van der Waals surface area contributed by atoms with Crippen LogP contribution in [0, 0.1) is 0 Å². The predicted octanol–water partition coefficient (Wildman–Crippen LogP) is 2.66. The van der Waals surface area contributed by atoms with Crippen LogP contribution in [0.25, 0.3) is 11.1 Å². The smallest absolute Gasteiger partial charge is 0.239 e. The number of hydrogen-bond donors (Lipinski definition) is 2. The zero-order chi connectivity index (χ0) is 15.5. The molecule has 0 saturated carbocycles. The molecular formula is C17H21N3O. The van der Waals surface area contributed by atoms with Crippen molar-refractivity contribution >= 4 is 5.91 Å². The van der Waals surface area contributed by atoms with Crippen molar-refractivity contribution in [3.8, 4) is 11.1 Å². The Labute approximate surface area is 125 Å². The molecule has 0 aliphatic rings. The molecule has 21 heavy (non-hydrogen) atoms. The monoisotopic (exact) mass is 283 g/mol. The van der Waals surface area contributed by atoms with Crippen LogP contribution in [-0.4, -0.2) is 16.4 Å². The first-order valence-electron chi connectivity index (χ1n) is 6.98. The highest BCUT2D eigenvalue weighted by Gasteiger charge is 2.23. The van der Waals surface area contributed by atoms with E-state index in [9.17, 15) is 4.79 Å². The van der Waals surface area contributed by atoms with Crippen LogP contribution in [0.1, 0.15) is 32.4 Å². The minimum absolute atomic E-state index is 0.0803. The van der Waals surface area contributed by atoms with E-state index in [1.165, 1.54) is 0 Å². The Morgan fingerprint density at radius 3 is 2.38 bits per heavy atom. The van der Waals surface area contributed by atoms with Crippen molar-refractivity contribution in [2.24, 2.45) is 5.73 Å². The lowest BCUT2D eigenvalue weighted by molar-refractivity contribution is -0.125. The fourth-order valence-electron chi connectivity index (χ4n) is 1.96. The summed E-state index contributed by atoms with van der Waals surface area (Å²) in [6.45, 7) is 5.34. The number of hydrogen-bond acceptors (Lipinski definition) is 3. The van der Waals surface area contributed by atoms with E-state index in [1.807, 2.05) is 49.5 Å². The predicted molar refractivity (Wildman–Crippen MR) is 84.5 cm³/mol. The number of nitrogens with one attached hydrogen (secondary N) is 1. The van der Waals surface area contributed by atoms with Crippen LogP contribution in [0.15, 0.2) is 48.8 Å². The second-order valence-corrected chi connectivity index (χ2v) is 5.78. The van der Waals surface area contributed by atoms with Gasteiger partial charge in [-0.3, -0.25) is 9.78 Å². The molecule has 1 atom stereocenters. The lowest BCUT2D eigenvalue weighted by atomic mass is 10.0. The molecule has 0 bridgehead atoms. The van der Waals surface area contributed by atoms with Crippen LogP contribution < -0.4 is 11.1 Å². The van der Waals surface area contributed by atoms with E-state index in [-0.39, 0.29) is 11.9 Å². The van der Waals surface area contributed by atoms with E-state index < -0.39 is 5.54 Å². The lowest BCUT2D eigenvalue weighted by Crippen LogP contribution is -2.49. The van der Waals surface area contributed by atoms with Crippen molar-refractivity contribution in [1.82, 2.24) is 10.3 Å². The van der Waals surface area contributed by atoms with Crippen LogP contribution >= 0.6 is 0 Å². The third-order valence-electron chi connectivity index (χ3n) is 3.34. The third kappa shape index (κ3) is 3.89. The van der Waals surface area contributed by atoms with E-state index in [0.29, 0.717) is 0 Å². The van der Waals surface area contributed by atoms with Crippen LogP contribution in [0.3, 0.4) is 0 Å². The van der Waals surface area contributed by atoms with Crippen molar-refractivity contribution in [1.29, 1.82) is 0 Å². The summed E-state index contributed by atoms with van der Waals surface area (Å²) in [6.07, 6.45) is 3.58. The number of nitrogens with zero attached hydrogens (tertiary/aromatic N) is 1. The first kappa shape index (κ1) is 15.2. The number of carbonyl (C=O) groups excluding carboxylic acids is 1. The van der Waals surface area contributed by atoms with Crippen molar-refractivity contribution < 1.29 is 4.79 Å². The van der Waals surface area contributed by atoms with Gasteiger partial charge in [-0.25, -0.2) is 0 Å². The Balaban J connectivity index is 2.10. The highest BCUT2D eigenvalue weighted by atomic mass is 16.2. The lowest BCUT2D eigenvalue weighted by Gasteiger charge is -2.22. The maximum atomic E-state index is 11.9. The van der Waals surface area contributed by atoms with Gasteiger partial charge in [0.25, 0.3) is 0 Å². The molecule has 0 spiro atoms. The maximum Gasteiger partial charge on any atom is 0.239 e. The molecule has 110 valence electrons. The van der Waals surface area contributed by atoms with Gasteiger partial charge in [0.05, 0.1) is 11.6 Å². The Morgan fingerprint density at radius 1 is 1.19 bits per heavy atom. The van der Waals surface area contributed by atoms with Crippen LogP contribution in [-0.2, 0) is 4.79 Å². The van der Waals surface area contributed by atoms with Gasteiger partial charge in [0, 0.05) is 12.4 Å². The van der Waals surface area contributed by atoms with Gasteiger partial charge >= 0.3 is 0 Å². The Bertz CT molecular complexity index is 600. The number of rotatable bonds is 4. The van der Waals surface area contributed by atoms with Crippen molar-refractivity contribution in [3.63, 3.8) is 0 Å². The van der Waals surface area contributed by atoms with Crippen molar-refractivity contribution in [2.45, 2.75) is 32.4 Å². The molecule has 0 fully saturated rings. The van der Waals surface area contributed by atoms with E-state index in [4.69, 9.17) is 5.73 Å². The third-order valence-corrected chi connectivity index (χ3v) is 3.34. The minimum Gasteiger partial charge on any atom is -0.348 e. The first-order valence-corrected chi connectivity index (χ1v) is 6.98. The van der Waals surface area contributed by atoms with Gasteiger partial charge in [-0.1, -0.05) is 30.3 Å². The van der Waals surface area contributed by atoms with Gasteiger partial charge < -0.3 is 11.1 Å². The molecule has 4 heteroatoms. The summed E-state index contributed by atoms with van der Waals surface area (Å²) in [5, 5.41) is 2.92. The zero-order valence-electron chi connectivity index (χ0n) is 12.6. The fraction of sp³-hybridized carbons (Fsp3) is 0.294. The summed E-state index contributed by atoms with van der Waals surface area (Å²) in [6, 6.07) is 11.9. The molecule has 2 aromatic rings. The van der Waals surface area contributed by atoms with Crippen LogP contribution in [0.2, 0.25) is 0 Å². The Hall–Kier alpha value is -2.20. The summed E-state index contributed by atoms with van der Waals surface area (Å²) in [5.74, 6) is -0.161. The molecule has 1 aromatic carbocycles. The van der Waals surface area contributed by atoms with E-state index in [0.717, 1.165) is 16.7 Å². The Kier molecular flexibility index (Phi) is 4.38. The first-order chi connectivity index (χ1) is 9.88. The minimum atomic E-state index is -0.871. The second kappa shape index (κ2) is 6.06.